The average molecular weight is 176 g/mol. The Labute approximate surface area is 72.4 Å². The van der Waals surface area contributed by atoms with Crippen molar-refractivity contribution in [1.82, 2.24) is 4.98 Å². The first-order chi connectivity index (χ1) is 5.90. The minimum absolute atomic E-state index is 0.413. The quantitative estimate of drug-likeness (QED) is 0.494. The van der Waals surface area contributed by atoms with Gasteiger partial charge in [-0.05, 0) is 23.6 Å². The van der Waals surface area contributed by atoms with E-state index in [1.807, 2.05) is 17.5 Å². The molecule has 0 N–H and O–H groups in total. The highest BCUT2D eigenvalue weighted by atomic mass is 32.1. The fourth-order valence-corrected chi connectivity index (χ4v) is 1.68. The van der Waals surface area contributed by atoms with Gasteiger partial charge in [0, 0.05) is 0 Å². The van der Waals surface area contributed by atoms with E-state index in [9.17, 15) is 4.79 Å². The summed E-state index contributed by atoms with van der Waals surface area (Å²) in [7, 11) is 0. The van der Waals surface area contributed by atoms with Crippen molar-refractivity contribution in [3.05, 3.63) is 23.6 Å². The van der Waals surface area contributed by atoms with Crippen LogP contribution in [0.4, 0.5) is 5.82 Å². The maximum absolute atomic E-state index is 9.92. The first-order valence-corrected chi connectivity index (χ1v) is 4.20. The minimum atomic E-state index is 0.413. The predicted octanol–water partition coefficient (Wildman–Crippen LogP) is 2.26. The molecule has 0 aromatic carbocycles. The van der Waals surface area contributed by atoms with Gasteiger partial charge in [-0.15, -0.1) is 16.3 Å². The molecule has 0 spiro atoms. The van der Waals surface area contributed by atoms with Crippen LogP contribution in [0, 0.1) is 0 Å². The molecule has 0 radical (unpaired) electrons. The number of fused-ring (bicyclic) bond motifs is 1. The molecule has 2 rings (SSSR count). The zero-order chi connectivity index (χ0) is 8.39. The van der Waals surface area contributed by atoms with Gasteiger partial charge < -0.3 is 0 Å². The van der Waals surface area contributed by atoms with Gasteiger partial charge in [-0.3, -0.25) is 0 Å². The number of carbonyl (C=O) groups excluding carboxylic acids is 1. The molecule has 12 heavy (non-hydrogen) atoms. The fourth-order valence-electron chi connectivity index (χ4n) is 0.951. The molecule has 3 nitrogen and oxygen atoms in total. The maximum atomic E-state index is 9.92. The lowest BCUT2D eigenvalue weighted by molar-refractivity contribution is 0.565. The molecule has 0 aliphatic carbocycles. The highest BCUT2D eigenvalue weighted by molar-refractivity contribution is 7.17. The standard InChI is InChI=1S/C8H4N2OS/c11-5-9-8-2-1-7-6(10-8)3-4-12-7/h1-4H. The van der Waals surface area contributed by atoms with Gasteiger partial charge in [-0.2, -0.15) is 0 Å². The van der Waals surface area contributed by atoms with Crippen molar-refractivity contribution in [2.24, 2.45) is 4.99 Å². The number of hydrogen-bond donors (Lipinski definition) is 0. The van der Waals surface area contributed by atoms with Crippen LogP contribution >= 0.6 is 11.3 Å². The van der Waals surface area contributed by atoms with E-state index < -0.39 is 0 Å². The van der Waals surface area contributed by atoms with Gasteiger partial charge in [0.25, 0.3) is 0 Å². The smallest absolute Gasteiger partial charge is 0.227 e. The van der Waals surface area contributed by atoms with Gasteiger partial charge in [0.05, 0.1) is 10.2 Å². The molecule has 0 fully saturated rings. The summed E-state index contributed by atoms with van der Waals surface area (Å²) >= 11 is 1.61. The van der Waals surface area contributed by atoms with E-state index >= 15 is 0 Å². The summed E-state index contributed by atoms with van der Waals surface area (Å²) in [5.74, 6) is 0.413. The van der Waals surface area contributed by atoms with Gasteiger partial charge in [0.2, 0.25) is 6.08 Å². The number of pyridine rings is 1. The van der Waals surface area contributed by atoms with Crippen molar-refractivity contribution in [3.8, 4) is 0 Å². The van der Waals surface area contributed by atoms with Crippen LogP contribution in [0.3, 0.4) is 0 Å². The molecule has 4 heteroatoms. The second-order valence-electron chi connectivity index (χ2n) is 2.18. The second-order valence-corrected chi connectivity index (χ2v) is 3.12. The molecule has 0 aliphatic rings. The zero-order valence-electron chi connectivity index (χ0n) is 6.02. The topological polar surface area (TPSA) is 42.3 Å². The van der Waals surface area contributed by atoms with Crippen LogP contribution in [0.25, 0.3) is 10.2 Å². The maximum Gasteiger partial charge on any atom is 0.242 e. The third kappa shape index (κ3) is 1.13. The Bertz CT molecular complexity index is 457. The van der Waals surface area contributed by atoms with E-state index in [-0.39, 0.29) is 0 Å². The molecular formula is C8H4N2OS. The molecular weight excluding hydrogens is 172 g/mol. The molecule has 0 bridgehead atoms. The molecule has 58 valence electrons. The average Bonchev–Trinajstić information content (AvgIpc) is 2.51. The van der Waals surface area contributed by atoms with Crippen molar-refractivity contribution in [2.45, 2.75) is 0 Å². The van der Waals surface area contributed by atoms with Gasteiger partial charge in [-0.1, -0.05) is 0 Å². The van der Waals surface area contributed by atoms with Crippen LogP contribution < -0.4 is 0 Å². The van der Waals surface area contributed by atoms with Crippen LogP contribution in [0.15, 0.2) is 28.6 Å². The summed E-state index contributed by atoms with van der Waals surface area (Å²) in [4.78, 5) is 17.5. The Hall–Kier alpha value is -1.51. The zero-order valence-corrected chi connectivity index (χ0v) is 6.84. The van der Waals surface area contributed by atoms with Crippen molar-refractivity contribution in [3.63, 3.8) is 0 Å². The largest absolute Gasteiger partial charge is 0.242 e. The Morgan fingerprint density at radius 2 is 2.33 bits per heavy atom. The van der Waals surface area contributed by atoms with Crippen LogP contribution in [-0.2, 0) is 4.79 Å². The van der Waals surface area contributed by atoms with E-state index in [1.54, 1.807) is 17.4 Å². The number of aliphatic imine (C=N–C) groups is 1. The number of thiophene rings is 1. The second kappa shape index (κ2) is 2.85. The normalized spacial score (nSPS) is 9.67. The van der Waals surface area contributed by atoms with Crippen molar-refractivity contribution in [1.29, 1.82) is 0 Å². The van der Waals surface area contributed by atoms with Crippen molar-refractivity contribution in [2.75, 3.05) is 0 Å². The Balaban J connectivity index is 2.67. The summed E-state index contributed by atoms with van der Waals surface area (Å²) in [6, 6.07) is 5.48. The van der Waals surface area contributed by atoms with Gasteiger partial charge in [0.1, 0.15) is 0 Å². The highest BCUT2D eigenvalue weighted by Crippen LogP contribution is 2.21. The fraction of sp³-hybridized carbons (Fsp3) is 0. The summed E-state index contributed by atoms with van der Waals surface area (Å²) in [6.45, 7) is 0. The van der Waals surface area contributed by atoms with Crippen molar-refractivity contribution < 1.29 is 4.79 Å². The molecule has 0 saturated heterocycles. The lowest BCUT2D eigenvalue weighted by Gasteiger charge is -1.88. The number of rotatable bonds is 1. The molecule has 2 heterocycles. The lowest BCUT2D eigenvalue weighted by atomic mass is 10.4. The molecule has 0 amide bonds. The summed E-state index contributed by atoms with van der Waals surface area (Å²) < 4.78 is 1.10. The third-order valence-corrected chi connectivity index (χ3v) is 2.32. The molecule has 0 aliphatic heterocycles. The Morgan fingerprint density at radius 1 is 1.42 bits per heavy atom. The Morgan fingerprint density at radius 3 is 3.17 bits per heavy atom. The molecule has 2 aromatic rings. The number of nitrogens with zero attached hydrogens (tertiary/aromatic N) is 2. The van der Waals surface area contributed by atoms with Gasteiger partial charge in [0.15, 0.2) is 5.82 Å². The van der Waals surface area contributed by atoms with Gasteiger partial charge >= 0.3 is 0 Å². The van der Waals surface area contributed by atoms with Crippen LogP contribution in [0.2, 0.25) is 0 Å². The van der Waals surface area contributed by atoms with E-state index in [4.69, 9.17) is 0 Å². The van der Waals surface area contributed by atoms with Crippen LogP contribution in [-0.4, -0.2) is 11.1 Å². The number of isocyanates is 1. The van der Waals surface area contributed by atoms with Crippen molar-refractivity contribution >= 4 is 33.5 Å². The molecule has 0 saturated carbocycles. The van der Waals surface area contributed by atoms with E-state index in [1.165, 1.54) is 6.08 Å². The number of hydrogen-bond acceptors (Lipinski definition) is 4. The first-order valence-electron chi connectivity index (χ1n) is 3.32. The first kappa shape index (κ1) is 7.16. The lowest BCUT2D eigenvalue weighted by Crippen LogP contribution is -1.72. The minimum Gasteiger partial charge on any atom is -0.227 e. The van der Waals surface area contributed by atoms with E-state index in [0.717, 1.165) is 10.2 Å². The molecule has 2 aromatic heterocycles. The van der Waals surface area contributed by atoms with Crippen LogP contribution in [0.1, 0.15) is 0 Å². The summed E-state index contributed by atoms with van der Waals surface area (Å²) in [5.41, 5.74) is 0.872. The molecule has 0 unspecified atom stereocenters. The summed E-state index contributed by atoms with van der Waals surface area (Å²) in [5, 5.41) is 1.95. The van der Waals surface area contributed by atoms with E-state index in [2.05, 4.69) is 9.98 Å². The SMILES string of the molecule is O=C=Nc1ccc2sccc2n1. The van der Waals surface area contributed by atoms with E-state index in [0.29, 0.717) is 5.82 Å². The third-order valence-electron chi connectivity index (χ3n) is 1.45. The monoisotopic (exact) mass is 176 g/mol. The Kier molecular flexibility index (Phi) is 1.70. The predicted molar refractivity (Wildman–Crippen MR) is 47.4 cm³/mol. The molecule has 0 atom stereocenters. The van der Waals surface area contributed by atoms with Gasteiger partial charge in [-0.25, -0.2) is 9.78 Å². The highest BCUT2D eigenvalue weighted by Gasteiger charge is 1.96. The van der Waals surface area contributed by atoms with Crippen LogP contribution in [0.5, 0.6) is 0 Å². The summed E-state index contributed by atoms with van der Waals surface area (Å²) in [6.07, 6.45) is 1.46. The number of aromatic nitrogens is 1.